The Bertz CT molecular complexity index is 686. The summed E-state index contributed by atoms with van der Waals surface area (Å²) in [5.74, 6) is 0.511. The zero-order valence-electron chi connectivity index (χ0n) is 10.5. The number of rotatable bonds is 2. The third kappa shape index (κ3) is 2.06. The Kier molecular flexibility index (Phi) is 2.72. The lowest BCUT2D eigenvalue weighted by molar-refractivity contribution is 0.810. The molecule has 0 saturated carbocycles. The van der Waals surface area contributed by atoms with Gasteiger partial charge in [0.15, 0.2) is 5.82 Å². The molecule has 94 valence electrons. The molecule has 0 bridgehead atoms. The number of pyridine rings is 1. The van der Waals surface area contributed by atoms with E-state index in [1.54, 1.807) is 17.1 Å². The number of nitrogens with zero attached hydrogens (tertiary/aromatic N) is 4. The second-order valence-corrected chi connectivity index (χ2v) is 4.31. The maximum atomic E-state index is 6.12. The smallest absolute Gasteiger partial charge is 0.155 e. The molecule has 0 amide bonds. The van der Waals surface area contributed by atoms with Gasteiger partial charge in [-0.3, -0.25) is 4.98 Å². The molecule has 0 spiro atoms. The molecule has 0 fully saturated rings. The first-order chi connectivity index (χ1) is 9.25. The Morgan fingerprint density at radius 1 is 1.11 bits per heavy atom. The number of nitrogens with two attached hydrogens (primary N) is 1. The SMILES string of the molecule is Cc1ccc(-n2nnc(-c3cccnc3)c2N)cc1. The Morgan fingerprint density at radius 3 is 2.58 bits per heavy atom. The van der Waals surface area contributed by atoms with E-state index in [2.05, 4.69) is 15.3 Å². The summed E-state index contributed by atoms with van der Waals surface area (Å²) in [6.07, 6.45) is 3.43. The van der Waals surface area contributed by atoms with Crippen LogP contribution < -0.4 is 5.73 Å². The summed E-state index contributed by atoms with van der Waals surface area (Å²) < 4.78 is 1.63. The van der Waals surface area contributed by atoms with E-state index in [1.807, 2.05) is 43.3 Å². The van der Waals surface area contributed by atoms with Crippen LogP contribution in [0.4, 0.5) is 5.82 Å². The van der Waals surface area contributed by atoms with Crippen molar-refractivity contribution in [2.24, 2.45) is 0 Å². The van der Waals surface area contributed by atoms with Crippen molar-refractivity contribution in [3.8, 4) is 16.9 Å². The first kappa shape index (κ1) is 11.4. The van der Waals surface area contributed by atoms with Crippen molar-refractivity contribution in [2.75, 3.05) is 5.73 Å². The highest BCUT2D eigenvalue weighted by Gasteiger charge is 2.12. The van der Waals surface area contributed by atoms with Crippen molar-refractivity contribution in [3.63, 3.8) is 0 Å². The Hall–Kier alpha value is -2.69. The van der Waals surface area contributed by atoms with Crippen molar-refractivity contribution in [2.45, 2.75) is 6.92 Å². The topological polar surface area (TPSA) is 69.6 Å². The molecule has 0 unspecified atom stereocenters. The fraction of sp³-hybridized carbons (Fsp3) is 0.0714. The predicted molar refractivity (Wildman–Crippen MR) is 73.7 cm³/mol. The van der Waals surface area contributed by atoms with Crippen molar-refractivity contribution in [1.82, 2.24) is 20.0 Å². The van der Waals surface area contributed by atoms with Crippen molar-refractivity contribution in [3.05, 3.63) is 54.4 Å². The van der Waals surface area contributed by atoms with Gasteiger partial charge in [0.05, 0.1) is 5.69 Å². The Balaban J connectivity index is 2.06. The second-order valence-electron chi connectivity index (χ2n) is 4.31. The van der Waals surface area contributed by atoms with Gasteiger partial charge in [-0.05, 0) is 31.2 Å². The molecular formula is C14H13N5. The van der Waals surface area contributed by atoms with Crippen LogP contribution in [-0.4, -0.2) is 20.0 Å². The molecular weight excluding hydrogens is 238 g/mol. The number of anilines is 1. The van der Waals surface area contributed by atoms with Crippen LogP contribution in [-0.2, 0) is 0 Å². The fourth-order valence-electron chi connectivity index (χ4n) is 1.87. The zero-order valence-corrected chi connectivity index (χ0v) is 10.5. The van der Waals surface area contributed by atoms with Gasteiger partial charge >= 0.3 is 0 Å². The highest BCUT2D eigenvalue weighted by molar-refractivity contribution is 5.70. The molecule has 0 saturated heterocycles. The van der Waals surface area contributed by atoms with Gasteiger partial charge in [0.2, 0.25) is 0 Å². The molecule has 3 rings (SSSR count). The van der Waals surface area contributed by atoms with E-state index in [4.69, 9.17) is 5.73 Å². The molecule has 19 heavy (non-hydrogen) atoms. The van der Waals surface area contributed by atoms with Crippen LogP contribution in [0, 0.1) is 6.92 Å². The maximum Gasteiger partial charge on any atom is 0.155 e. The Labute approximate surface area is 110 Å². The molecule has 2 N–H and O–H groups in total. The van der Waals surface area contributed by atoms with E-state index in [0.717, 1.165) is 11.3 Å². The molecule has 5 nitrogen and oxygen atoms in total. The minimum atomic E-state index is 0.511. The van der Waals surface area contributed by atoms with Crippen LogP contribution in [0.15, 0.2) is 48.8 Å². The van der Waals surface area contributed by atoms with Gasteiger partial charge in [0.1, 0.15) is 5.69 Å². The Morgan fingerprint density at radius 2 is 1.89 bits per heavy atom. The first-order valence-corrected chi connectivity index (χ1v) is 5.94. The standard InChI is InChI=1S/C14H13N5/c1-10-4-6-12(7-5-10)19-14(15)13(17-18-19)11-3-2-8-16-9-11/h2-9H,15H2,1H3. The van der Waals surface area contributed by atoms with Crippen LogP contribution in [0.25, 0.3) is 16.9 Å². The quantitative estimate of drug-likeness (QED) is 0.758. The number of aromatic nitrogens is 4. The van der Waals surface area contributed by atoms with E-state index >= 15 is 0 Å². The first-order valence-electron chi connectivity index (χ1n) is 5.94. The van der Waals surface area contributed by atoms with E-state index in [1.165, 1.54) is 5.56 Å². The predicted octanol–water partition coefficient (Wildman–Crippen LogP) is 2.22. The van der Waals surface area contributed by atoms with Crippen LogP contribution >= 0.6 is 0 Å². The molecule has 2 heterocycles. The van der Waals surface area contributed by atoms with E-state index < -0.39 is 0 Å². The van der Waals surface area contributed by atoms with Crippen molar-refractivity contribution >= 4 is 5.82 Å². The monoisotopic (exact) mass is 251 g/mol. The van der Waals surface area contributed by atoms with Gasteiger partial charge in [0.25, 0.3) is 0 Å². The maximum absolute atomic E-state index is 6.12. The second kappa shape index (κ2) is 4.53. The summed E-state index contributed by atoms with van der Waals surface area (Å²) >= 11 is 0. The minimum absolute atomic E-state index is 0.511. The van der Waals surface area contributed by atoms with Gasteiger partial charge in [0, 0.05) is 18.0 Å². The number of hydrogen-bond acceptors (Lipinski definition) is 4. The normalized spacial score (nSPS) is 10.6. The molecule has 2 aromatic heterocycles. The van der Waals surface area contributed by atoms with E-state index in [9.17, 15) is 0 Å². The molecule has 5 heteroatoms. The van der Waals surface area contributed by atoms with Crippen LogP contribution in [0.5, 0.6) is 0 Å². The number of nitrogen functional groups attached to an aromatic ring is 1. The van der Waals surface area contributed by atoms with Gasteiger partial charge in [-0.1, -0.05) is 22.9 Å². The average Bonchev–Trinajstić information content (AvgIpc) is 2.83. The lowest BCUT2D eigenvalue weighted by Gasteiger charge is -2.03. The molecule has 0 atom stereocenters. The molecule has 0 aliphatic rings. The fourth-order valence-corrected chi connectivity index (χ4v) is 1.87. The summed E-state index contributed by atoms with van der Waals surface area (Å²) in [6, 6.07) is 11.7. The summed E-state index contributed by atoms with van der Waals surface area (Å²) in [5.41, 5.74) is 9.71. The van der Waals surface area contributed by atoms with Crippen LogP contribution in [0.2, 0.25) is 0 Å². The lowest BCUT2D eigenvalue weighted by Crippen LogP contribution is -2.02. The average molecular weight is 251 g/mol. The summed E-state index contributed by atoms with van der Waals surface area (Å²) in [7, 11) is 0. The number of aryl methyl sites for hydroxylation is 1. The largest absolute Gasteiger partial charge is 0.382 e. The molecule has 3 aromatic rings. The van der Waals surface area contributed by atoms with Crippen molar-refractivity contribution in [1.29, 1.82) is 0 Å². The van der Waals surface area contributed by atoms with Crippen LogP contribution in [0.1, 0.15) is 5.56 Å². The van der Waals surface area contributed by atoms with Crippen molar-refractivity contribution < 1.29 is 0 Å². The van der Waals surface area contributed by atoms with Gasteiger partial charge in [-0.2, -0.15) is 4.68 Å². The third-order valence-corrected chi connectivity index (χ3v) is 2.92. The molecule has 0 radical (unpaired) electrons. The number of benzene rings is 1. The highest BCUT2D eigenvalue weighted by Crippen LogP contribution is 2.24. The molecule has 1 aromatic carbocycles. The minimum Gasteiger partial charge on any atom is -0.382 e. The van der Waals surface area contributed by atoms with E-state index in [0.29, 0.717) is 11.5 Å². The third-order valence-electron chi connectivity index (χ3n) is 2.92. The molecule has 0 aliphatic carbocycles. The summed E-state index contributed by atoms with van der Waals surface area (Å²) in [4.78, 5) is 4.06. The lowest BCUT2D eigenvalue weighted by atomic mass is 10.2. The molecule has 0 aliphatic heterocycles. The van der Waals surface area contributed by atoms with Crippen LogP contribution in [0.3, 0.4) is 0 Å². The zero-order chi connectivity index (χ0) is 13.2. The number of hydrogen-bond donors (Lipinski definition) is 1. The van der Waals surface area contributed by atoms with Gasteiger partial charge < -0.3 is 5.73 Å². The summed E-state index contributed by atoms with van der Waals surface area (Å²) in [5, 5.41) is 8.24. The van der Waals surface area contributed by atoms with Gasteiger partial charge in [-0.15, -0.1) is 5.10 Å². The van der Waals surface area contributed by atoms with Gasteiger partial charge in [-0.25, -0.2) is 0 Å². The summed E-state index contributed by atoms with van der Waals surface area (Å²) in [6.45, 7) is 2.04. The van der Waals surface area contributed by atoms with E-state index in [-0.39, 0.29) is 0 Å². The highest BCUT2D eigenvalue weighted by atomic mass is 15.5.